The summed E-state index contributed by atoms with van der Waals surface area (Å²) in [5, 5.41) is 0. The van der Waals surface area contributed by atoms with Gasteiger partial charge in [-0.3, -0.25) is 0 Å². The second-order valence-electron chi connectivity index (χ2n) is 4.25. The quantitative estimate of drug-likeness (QED) is 0.481. The Balaban J connectivity index is 2.54. The molecular formula is C18H14O4. The number of carbonyl (C=O) groups is 2. The first-order valence-corrected chi connectivity index (χ1v) is 6.52. The van der Waals surface area contributed by atoms with E-state index in [4.69, 9.17) is 9.47 Å². The molecule has 0 saturated carbocycles. The summed E-state index contributed by atoms with van der Waals surface area (Å²) in [5.74, 6) is -0.976. The lowest BCUT2D eigenvalue weighted by Gasteiger charge is -2.13. The molecule has 2 rings (SSSR count). The van der Waals surface area contributed by atoms with Crippen LogP contribution in [0.2, 0.25) is 0 Å². The topological polar surface area (TPSA) is 52.6 Å². The highest BCUT2D eigenvalue weighted by Crippen LogP contribution is 2.38. The van der Waals surface area contributed by atoms with Crippen molar-refractivity contribution in [3.8, 4) is 22.6 Å². The molecule has 0 saturated heterocycles. The molecule has 0 amide bonds. The van der Waals surface area contributed by atoms with Gasteiger partial charge in [-0.05, 0) is 11.6 Å². The normalized spacial score (nSPS) is 9.64. The largest absolute Gasteiger partial charge is 0.419 e. The Morgan fingerprint density at radius 3 is 2.09 bits per heavy atom. The number of rotatable bonds is 5. The van der Waals surface area contributed by atoms with Gasteiger partial charge in [-0.15, -0.1) is 0 Å². The highest BCUT2D eigenvalue weighted by atomic mass is 16.6. The molecule has 0 N–H and O–H groups in total. The molecule has 2 aromatic rings. The molecule has 0 atom stereocenters. The van der Waals surface area contributed by atoms with Crippen LogP contribution in [0.1, 0.15) is 0 Å². The van der Waals surface area contributed by atoms with Crippen molar-refractivity contribution in [3.05, 3.63) is 73.8 Å². The highest BCUT2D eigenvalue weighted by molar-refractivity contribution is 5.89. The zero-order chi connectivity index (χ0) is 15.9. The van der Waals surface area contributed by atoms with Gasteiger partial charge in [-0.2, -0.15) is 0 Å². The Morgan fingerprint density at radius 1 is 0.818 bits per heavy atom. The van der Waals surface area contributed by atoms with Crippen molar-refractivity contribution in [2.45, 2.75) is 0 Å². The minimum absolute atomic E-state index is 0.140. The van der Waals surface area contributed by atoms with Crippen LogP contribution < -0.4 is 9.47 Å². The molecule has 4 heteroatoms. The number of para-hydroxylation sites is 1. The maximum Gasteiger partial charge on any atom is 0.335 e. The van der Waals surface area contributed by atoms with Gasteiger partial charge in [-0.1, -0.05) is 55.6 Å². The molecule has 0 aliphatic rings. The maximum absolute atomic E-state index is 11.6. The van der Waals surface area contributed by atoms with E-state index in [0.717, 1.165) is 17.7 Å². The first kappa shape index (κ1) is 15.3. The van der Waals surface area contributed by atoms with Crippen molar-refractivity contribution in [3.63, 3.8) is 0 Å². The number of ether oxygens (including phenoxy) is 2. The second kappa shape index (κ2) is 7.04. The Labute approximate surface area is 128 Å². The van der Waals surface area contributed by atoms with Gasteiger partial charge in [0.05, 0.1) is 0 Å². The van der Waals surface area contributed by atoms with Crippen LogP contribution in [0.25, 0.3) is 11.1 Å². The molecule has 4 nitrogen and oxygen atoms in total. The van der Waals surface area contributed by atoms with Gasteiger partial charge < -0.3 is 9.47 Å². The molecule has 0 aliphatic carbocycles. The fourth-order valence-corrected chi connectivity index (χ4v) is 1.84. The van der Waals surface area contributed by atoms with E-state index in [-0.39, 0.29) is 11.5 Å². The Morgan fingerprint density at radius 2 is 1.45 bits per heavy atom. The van der Waals surface area contributed by atoms with Gasteiger partial charge in [0.2, 0.25) is 0 Å². The summed E-state index contributed by atoms with van der Waals surface area (Å²) in [5.41, 5.74) is 1.45. The predicted molar refractivity (Wildman–Crippen MR) is 83.5 cm³/mol. The van der Waals surface area contributed by atoms with E-state index in [1.165, 1.54) is 0 Å². The molecule has 110 valence electrons. The van der Waals surface area contributed by atoms with E-state index in [1.807, 2.05) is 30.3 Å². The molecular weight excluding hydrogens is 280 g/mol. The third-order valence-electron chi connectivity index (χ3n) is 2.81. The lowest BCUT2D eigenvalue weighted by atomic mass is 10.0. The zero-order valence-corrected chi connectivity index (χ0v) is 11.8. The molecule has 0 aliphatic heterocycles. The van der Waals surface area contributed by atoms with Crippen LogP contribution >= 0.6 is 0 Å². The zero-order valence-electron chi connectivity index (χ0n) is 11.8. The fraction of sp³-hybridized carbons (Fsp3) is 0. The average Bonchev–Trinajstić information content (AvgIpc) is 2.56. The number of hydrogen-bond donors (Lipinski definition) is 0. The fourth-order valence-electron chi connectivity index (χ4n) is 1.84. The van der Waals surface area contributed by atoms with Crippen molar-refractivity contribution >= 4 is 11.9 Å². The summed E-state index contributed by atoms with van der Waals surface area (Å²) in [6.45, 7) is 6.71. The Bertz CT molecular complexity index is 717. The van der Waals surface area contributed by atoms with E-state index in [9.17, 15) is 9.59 Å². The van der Waals surface area contributed by atoms with Gasteiger partial charge >= 0.3 is 11.9 Å². The molecule has 0 unspecified atom stereocenters. The van der Waals surface area contributed by atoms with Crippen molar-refractivity contribution in [2.75, 3.05) is 0 Å². The van der Waals surface area contributed by atoms with Crippen LogP contribution in [0.15, 0.2) is 73.8 Å². The number of hydrogen-bond acceptors (Lipinski definition) is 4. The van der Waals surface area contributed by atoms with Crippen molar-refractivity contribution in [1.82, 2.24) is 0 Å². The lowest BCUT2D eigenvalue weighted by molar-refractivity contribution is -0.131. The van der Waals surface area contributed by atoms with Gasteiger partial charge in [0.25, 0.3) is 0 Å². The van der Waals surface area contributed by atoms with Crippen LogP contribution in [0.3, 0.4) is 0 Å². The average molecular weight is 294 g/mol. The van der Waals surface area contributed by atoms with E-state index in [0.29, 0.717) is 5.56 Å². The molecule has 0 aromatic heterocycles. The van der Waals surface area contributed by atoms with Gasteiger partial charge in [0, 0.05) is 17.7 Å². The van der Waals surface area contributed by atoms with Crippen LogP contribution in [-0.2, 0) is 9.59 Å². The summed E-state index contributed by atoms with van der Waals surface area (Å²) in [6, 6.07) is 14.3. The Hall–Kier alpha value is -3.14. The van der Waals surface area contributed by atoms with E-state index in [1.54, 1.807) is 18.2 Å². The number of esters is 2. The SMILES string of the molecule is C=CC(=O)Oc1cccc(-c2ccccc2)c1OC(=O)C=C. The van der Waals surface area contributed by atoms with Crippen LogP contribution in [-0.4, -0.2) is 11.9 Å². The second-order valence-corrected chi connectivity index (χ2v) is 4.25. The molecule has 0 radical (unpaired) electrons. The monoisotopic (exact) mass is 294 g/mol. The third kappa shape index (κ3) is 3.49. The summed E-state index contributed by atoms with van der Waals surface area (Å²) >= 11 is 0. The smallest absolute Gasteiger partial charge is 0.335 e. The first-order valence-electron chi connectivity index (χ1n) is 6.52. The lowest BCUT2D eigenvalue weighted by Crippen LogP contribution is -2.09. The minimum Gasteiger partial charge on any atom is -0.419 e. The number of benzene rings is 2. The predicted octanol–water partition coefficient (Wildman–Crippen LogP) is 3.54. The van der Waals surface area contributed by atoms with Crippen molar-refractivity contribution in [1.29, 1.82) is 0 Å². The standard InChI is InChI=1S/C18H14O4/c1-3-16(19)21-15-12-8-11-14(13-9-6-5-7-10-13)18(15)22-17(20)4-2/h3-12H,1-2H2. The van der Waals surface area contributed by atoms with Gasteiger partial charge in [0.1, 0.15) is 0 Å². The van der Waals surface area contributed by atoms with Crippen LogP contribution in [0.5, 0.6) is 11.5 Å². The molecule has 0 heterocycles. The van der Waals surface area contributed by atoms with E-state index < -0.39 is 11.9 Å². The summed E-state index contributed by atoms with van der Waals surface area (Å²) in [7, 11) is 0. The first-order chi connectivity index (χ1) is 10.7. The molecule has 0 spiro atoms. The van der Waals surface area contributed by atoms with Gasteiger partial charge in [0.15, 0.2) is 11.5 Å². The van der Waals surface area contributed by atoms with Crippen LogP contribution in [0, 0.1) is 0 Å². The molecule has 0 fully saturated rings. The number of carbonyl (C=O) groups excluding carboxylic acids is 2. The molecule has 0 bridgehead atoms. The summed E-state index contributed by atoms with van der Waals surface area (Å²) < 4.78 is 10.4. The van der Waals surface area contributed by atoms with E-state index >= 15 is 0 Å². The van der Waals surface area contributed by atoms with Crippen molar-refractivity contribution < 1.29 is 19.1 Å². The molecule has 22 heavy (non-hydrogen) atoms. The summed E-state index contributed by atoms with van der Waals surface area (Å²) in [4.78, 5) is 23.0. The van der Waals surface area contributed by atoms with E-state index in [2.05, 4.69) is 13.2 Å². The van der Waals surface area contributed by atoms with Crippen molar-refractivity contribution in [2.24, 2.45) is 0 Å². The van der Waals surface area contributed by atoms with Crippen LogP contribution in [0.4, 0.5) is 0 Å². The summed E-state index contributed by atoms with van der Waals surface area (Å²) in [6.07, 6.45) is 2.08. The highest BCUT2D eigenvalue weighted by Gasteiger charge is 2.16. The minimum atomic E-state index is -0.640. The Kier molecular flexibility index (Phi) is 4.88. The maximum atomic E-state index is 11.6. The van der Waals surface area contributed by atoms with Gasteiger partial charge in [-0.25, -0.2) is 9.59 Å². The third-order valence-corrected chi connectivity index (χ3v) is 2.81. The molecule has 2 aromatic carbocycles.